The molecular formula is C22H24N4O4S. The molecule has 1 aliphatic heterocycles. The van der Waals surface area contributed by atoms with Crippen LogP contribution in [0.4, 0.5) is 10.8 Å². The van der Waals surface area contributed by atoms with Crippen molar-refractivity contribution in [3.63, 3.8) is 0 Å². The Kier molecular flexibility index (Phi) is 6.26. The Morgan fingerprint density at radius 1 is 1.19 bits per heavy atom. The molecule has 0 spiro atoms. The minimum Gasteiger partial charge on any atom is -0.379 e. The first-order valence-electron chi connectivity index (χ1n) is 10.2. The predicted octanol–water partition coefficient (Wildman–Crippen LogP) is 3.80. The van der Waals surface area contributed by atoms with Gasteiger partial charge in [0.2, 0.25) is 0 Å². The summed E-state index contributed by atoms with van der Waals surface area (Å²) in [5.41, 5.74) is 3.54. The Labute approximate surface area is 184 Å². The van der Waals surface area contributed by atoms with Gasteiger partial charge in [0.05, 0.1) is 28.4 Å². The lowest BCUT2D eigenvalue weighted by Crippen LogP contribution is -2.43. The lowest BCUT2D eigenvalue weighted by Gasteiger charge is -2.29. The van der Waals surface area contributed by atoms with Crippen LogP contribution in [0.5, 0.6) is 0 Å². The molecule has 162 valence electrons. The quantitative estimate of drug-likeness (QED) is 0.428. The number of carbonyl (C=O) groups excluding carboxylic acids is 1. The molecular weight excluding hydrogens is 416 g/mol. The largest absolute Gasteiger partial charge is 0.379 e. The van der Waals surface area contributed by atoms with Crippen molar-refractivity contribution < 1.29 is 14.5 Å². The average Bonchev–Trinajstić information content (AvgIpc) is 3.22. The van der Waals surface area contributed by atoms with E-state index in [4.69, 9.17) is 9.72 Å². The van der Waals surface area contributed by atoms with Crippen molar-refractivity contribution in [1.82, 2.24) is 9.88 Å². The second kappa shape index (κ2) is 9.09. The van der Waals surface area contributed by atoms with Crippen LogP contribution in [0.25, 0.3) is 10.2 Å². The van der Waals surface area contributed by atoms with E-state index in [-0.39, 0.29) is 11.6 Å². The number of nitrogens with zero attached hydrogens (tertiary/aromatic N) is 4. The third kappa shape index (κ3) is 4.58. The Morgan fingerprint density at radius 2 is 1.90 bits per heavy atom. The number of anilines is 1. The number of carbonyl (C=O) groups is 1. The molecule has 0 aliphatic carbocycles. The summed E-state index contributed by atoms with van der Waals surface area (Å²) in [4.78, 5) is 32.7. The van der Waals surface area contributed by atoms with Crippen LogP contribution in [-0.2, 0) is 4.74 Å². The van der Waals surface area contributed by atoms with Gasteiger partial charge in [-0.3, -0.25) is 24.7 Å². The lowest BCUT2D eigenvalue weighted by molar-refractivity contribution is -0.384. The molecule has 1 fully saturated rings. The van der Waals surface area contributed by atoms with Crippen molar-refractivity contribution in [2.45, 2.75) is 13.8 Å². The van der Waals surface area contributed by atoms with Gasteiger partial charge in [-0.2, -0.15) is 0 Å². The summed E-state index contributed by atoms with van der Waals surface area (Å²) in [6, 6.07) is 9.83. The van der Waals surface area contributed by atoms with E-state index in [2.05, 4.69) is 11.0 Å². The molecule has 0 unspecified atom stereocenters. The summed E-state index contributed by atoms with van der Waals surface area (Å²) in [5, 5.41) is 11.6. The fourth-order valence-electron chi connectivity index (χ4n) is 3.56. The lowest BCUT2D eigenvalue weighted by atomic mass is 10.1. The van der Waals surface area contributed by atoms with Gasteiger partial charge < -0.3 is 4.74 Å². The van der Waals surface area contributed by atoms with Gasteiger partial charge in [-0.25, -0.2) is 4.98 Å². The summed E-state index contributed by atoms with van der Waals surface area (Å²) in [5.74, 6) is -0.211. The molecule has 0 atom stereocenters. The fourth-order valence-corrected chi connectivity index (χ4v) is 4.61. The summed E-state index contributed by atoms with van der Waals surface area (Å²) >= 11 is 1.49. The molecule has 8 nitrogen and oxygen atoms in total. The Morgan fingerprint density at radius 3 is 2.58 bits per heavy atom. The third-order valence-corrected chi connectivity index (χ3v) is 6.66. The highest BCUT2D eigenvalue weighted by atomic mass is 32.1. The highest BCUT2D eigenvalue weighted by Crippen LogP contribution is 2.32. The van der Waals surface area contributed by atoms with Crippen molar-refractivity contribution in [2.75, 3.05) is 44.3 Å². The van der Waals surface area contributed by atoms with Gasteiger partial charge in [0.25, 0.3) is 11.6 Å². The van der Waals surface area contributed by atoms with Crippen molar-refractivity contribution in [3.05, 3.63) is 63.2 Å². The smallest absolute Gasteiger partial charge is 0.269 e. The number of hydrogen-bond donors (Lipinski definition) is 0. The first kappa shape index (κ1) is 21.4. The molecule has 0 saturated carbocycles. The molecule has 1 saturated heterocycles. The molecule has 31 heavy (non-hydrogen) atoms. The number of ether oxygens (including phenoxy) is 1. The van der Waals surface area contributed by atoms with Crippen LogP contribution in [0.3, 0.4) is 0 Å². The standard InChI is InChI=1S/C22H24N4O4S/c1-15-3-8-19-20(16(15)2)23-22(31-19)25(10-9-24-11-13-30-14-12-24)21(27)17-4-6-18(7-5-17)26(28)29/h3-8H,9-14H2,1-2H3. The minimum absolute atomic E-state index is 0.0393. The van der Waals surface area contributed by atoms with E-state index >= 15 is 0 Å². The molecule has 9 heteroatoms. The number of aromatic nitrogens is 1. The fraction of sp³-hybridized carbons (Fsp3) is 0.364. The number of aryl methyl sites for hydroxylation is 2. The van der Waals surface area contributed by atoms with Gasteiger partial charge in [0.1, 0.15) is 0 Å². The first-order valence-corrected chi connectivity index (χ1v) is 11.0. The summed E-state index contributed by atoms with van der Waals surface area (Å²) in [6.45, 7) is 8.31. The van der Waals surface area contributed by atoms with E-state index in [0.717, 1.165) is 34.4 Å². The number of nitro benzene ring substituents is 1. The van der Waals surface area contributed by atoms with Crippen LogP contribution in [0.2, 0.25) is 0 Å². The first-order chi connectivity index (χ1) is 14.9. The molecule has 1 aliphatic rings. The Balaban J connectivity index is 1.65. The molecule has 1 aromatic heterocycles. The molecule has 4 rings (SSSR count). The van der Waals surface area contributed by atoms with E-state index in [0.29, 0.717) is 37.0 Å². The summed E-state index contributed by atoms with van der Waals surface area (Å²) in [7, 11) is 0. The maximum Gasteiger partial charge on any atom is 0.269 e. The molecule has 1 amide bonds. The number of nitro groups is 1. The topological polar surface area (TPSA) is 88.8 Å². The van der Waals surface area contributed by atoms with Crippen molar-refractivity contribution in [1.29, 1.82) is 0 Å². The Hall–Kier alpha value is -2.88. The maximum absolute atomic E-state index is 13.4. The number of hydrogen-bond acceptors (Lipinski definition) is 7. The van der Waals surface area contributed by atoms with Crippen LogP contribution < -0.4 is 4.90 Å². The molecule has 2 aromatic carbocycles. The zero-order chi connectivity index (χ0) is 22.0. The van der Waals surface area contributed by atoms with E-state index in [9.17, 15) is 14.9 Å². The average molecular weight is 441 g/mol. The number of amides is 1. The maximum atomic E-state index is 13.4. The van der Waals surface area contributed by atoms with Crippen LogP contribution >= 0.6 is 11.3 Å². The van der Waals surface area contributed by atoms with E-state index in [1.807, 2.05) is 19.9 Å². The molecule has 3 aromatic rings. The molecule has 2 heterocycles. The van der Waals surface area contributed by atoms with Gasteiger partial charge in [-0.15, -0.1) is 0 Å². The highest BCUT2D eigenvalue weighted by Gasteiger charge is 2.24. The van der Waals surface area contributed by atoms with E-state index < -0.39 is 4.92 Å². The number of morpholine rings is 1. The molecule has 0 radical (unpaired) electrons. The van der Waals surface area contributed by atoms with Crippen molar-refractivity contribution >= 4 is 38.3 Å². The predicted molar refractivity (Wildman–Crippen MR) is 121 cm³/mol. The zero-order valence-corrected chi connectivity index (χ0v) is 18.4. The van der Waals surface area contributed by atoms with Gasteiger partial charge in [-0.1, -0.05) is 17.4 Å². The van der Waals surface area contributed by atoms with Gasteiger partial charge in [0.15, 0.2) is 5.13 Å². The van der Waals surface area contributed by atoms with Gasteiger partial charge in [-0.05, 0) is 43.2 Å². The monoisotopic (exact) mass is 440 g/mol. The number of thiazole rings is 1. The van der Waals surface area contributed by atoms with E-state index in [1.165, 1.54) is 35.6 Å². The zero-order valence-electron chi connectivity index (χ0n) is 17.5. The summed E-state index contributed by atoms with van der Waals surface area (Å²) < 4.78 is 6.45. The van der Waals surface area contributed by atoms with Crippen LogP contribution in [0.15, 0.2) is 36.4 Å². The number of rotatable bonds is 6. The SMILES string of the molecule is Cc1ccc2sc(N(CCN3CCOCC3)C(=O)c3ccc([N+](=O)[O-])cc3)nc2c1C. The van der Waals surface area contributed by atoms with Crippen LogP contribution in [0, 0.1) is 24.0 Å². The van der Waals surface area contributed by atoms with Gasteiger partial charge in [0, 0.05) is 43.9 Å². The second-order valence-corrected chi connectivity index (χ2v) is 8.57. The normalized spacial score (nSPS) is 14.6. The molecule has 0 bridgehead atoms. The van der Waals surface area contributed by atoms with Crippen molar-refractivity contribution in [2.24, 2.45) is 0 Å². The third-order valence-electron chi connectivity index (χ3n) is 5.62. The van der Waals surface area contributed by atoms with Crippen LogP contribution in [0.1, 0.15) is 21.5 Å². The van der Waals surface area contributed by atoms with Crippen LogP contribution in [-0.4, -0.2) is 60.1 Å². The number of benzene rings is 2. The Bertz CT molecular complexity index is 1110. The molecule has 0 N–H and O–H groups in total. The minimum atomic E-state index is -0.469. The number of fused-ring (bicyclic) bond motifs is 1. The number of non-ortho nitro benzene ring substituents is 1. The van der Waals surface area contributed by atoms with Crippen molar-refractivity contribution in [3.8, 4) is 0 Å². The van der Waals surface area contributed by atoms with E-state index in [1.54, 1.807) is 4.90 Å². The summed E-state index contributed by atoms with van der Waals surface area (Å²) in [6.07, 6.45) is 0. The second-order valence-electron chi connectivity index (χ2n) is 7.57. The highest BCUT2D eigenvalue weighted by molar-refractivity contribution is 7.22. The van der Waals surface area contributed by atoms with Gasteiger partial charge >= 0.3 is 0 Å².